The van der Waals surface area contributed by atoms with Gasteiger partial charge in [0.1, 0.15) is 12.4 Å². The fourth-order valence-corrected chi connectivity index (χ4v) is 2.56. The van der Waals surface area contributed by atoms with Crippen molar-refractivity contribution in [3.63, 3.8) is 0 Å². The van der Waals surface area contributed by atoms with Crippen LogP contribution in [0.25, 0.3) is 0 Å². The quantitative estimate of drug-likeness (QED) is 0.854. The molecule has 1 aromatic heterocycles. The van der Waals surface area contributed by atoms with Crippen molar-refractivity contribution in [2.24, 2.45) is 0 Å². The van der Waals surface area contributed by atoms with Gasteiger partial charge in [0.2, 0.25) is 0 Å². The lowest BCUT2D eigenvalue weighted by molar-refractivity contribution is 0.103. The first-order valence-corrected chi connectivity index (χ1v) is 7.18. The van der Waals surface area contributed by atoms with E-state index in [1.165, 1.54) is 18.4 Å². The molecular formula is C15H12ClNO3S. The first-order chi connectivity index (χ1) is 10.1. The van der Waals surface area contributed by atoms with E-state index in [0.717, 1.165) is 0 Å². The number of carbonyl (C=O) groups is 1. The van der Waals surface area contributed by atoms with Crippen LogP contribution >= 0.6 is 22.9 Å². The molecule has 21 heavy (non-hydrogen) atoms. The zero-order chi connectivity index (χ0) is 15.2. The summed E-state index contributed by atoms with van der Waals surface area (Å²) in [5.74, 6) is 5.56. The molecular weight excluding hydrogens is 310 g/mol. The Morgan fingerprint density at radius 1 is 1.43 bits per heavy atom. The second-order valence-corrected chi connectivity index (χ2v) is 5.44. The van der Waals surface area contributed by atoms with Gasteiger partial charge in [-0.05, 0) is 30.3 Å². The van der Waals surface area contributed by atoms with E-state index < -0.39 is 0 Å². The van der Waals surface area contributed by atoms with Gasteiger partial charge in [-0.1, -0.05) is 23.4 Å². The van der Waals surface area contributed by atoms with Crippen LogP contribution in [0, 0.1) is 11.8 Å². The molecule has 1 aromatic carbocycles. The maximum Gasteiger partial charge on any atom is 0.265 e. The number of ether oxygens (including phenoxy) is 1. The van der Waals surface area contributed by atoms with Crippen LogP contribution in [0.4, 0.5) is 5.69 Å². The molecule has 0 aliphatic heterocycles. The fourth-order valence-electron chi connectivity index (χ4n) is 1.62. The highest BCUT2D eigenvalue weighted by molar-refractivity contribution is 7.14. The van der Waals surface area contributed by atoms with Crippen molar-refractivity contribution in [1.82, 2.24) is 0 Å². The second kappa shape index (κ2) is 7.14. The summed E-state index contributed by atoms with van der Waals surface area (Å²) in [7, 11) is 1.52. The number of carbonyl (C=O) groups excluding carboxylic acids is 1. The number of anilines is 1. The monoisotopic (exact) mass is 321 g/mol. The number of aliphatic hydroxyl groups excluding tert-OH is 1. The maximum atomic E-state index is 12.2. The highest BCUT2D eigenvalue weighted by Crippen LogP contribution is 2.28. The Kier molecular flexibility index (Phi) is 5.23. The Morgan fingerprint density at radius 2 is 2.24 bits per heavy atom. The first kappa shape index (κ1) is 15.4. The van der Waals surface area contributed by atoms with Gasteiger partial charge in [0.05, 0.1) is 22.6 Å². The second-order valence-electron chi connectivity index (χ2n) is 3.92. The predicted octanol–water partition coefficient (Wildman–Crippen LogP) is 3.01. The van der Waals surface area contributed by atoms with E-state index in [-0.39, 0.29) is 12.5 Å². The van der Waals surface area contributed by atoms with Gasteiger partial charge in [-0.15, -0.1) is 11.3 Å². The summed E-state index contributed by atoms with van der Waals surface area (Å²) in [4.78, 5) is 13.4. The van der Waals surface area contributed by atoms with Gasteiger partial charge in [-0.25, -0.2) is 0 Å². The lowest BCUT2D eigenvalue weighted by atomic mass is 10.3. The van der Waals surface area contributed by atoms with Gasteiger partial charge in [0, 0.05) is 5.02 Å². The molecule has 1 amide bonds. The molecule has 2 aromatic rings. The molecule has 2 N–H and O–H groups in total. The number of hydrogen-bond acceptors (Lipinski definition) is 4. The molecule has 0 bridgehead atoms. The summed E-state index contributed by atoms with van der Waals surface area (Å²) in [6.45, 7) is -0.209. The molecule has 0 saturated carbocycles. The van der Waals surface area contributed by atoms with E-state index in [4.69, 9.17) is 21.4 Å². The number of benzene rings is 1. The summed E-state index contributed by atoms with van der Waals surface area (Å²) in [5, 5.41) is 11.9. The third kappa shape index (κ3) is 3.99. The van der Waals surface area contributed by atoms with Crippen molar-refractivity contribution in [2.45, 2.75) is 0 Å². The number of hydrogen-bond donors (Lipinski definition) is 2. The third-order valence-corrected chi connectivity index (χ3v) is 3.76. The van der Waals surface area contributed by atoms with E-state index in [0.29, 0.717) is 26.2 Å². The fraction of sp³-hybridized carbons (Fsp3) is 0.133. The number of amides is 1. The normalized spacial score (nSPS) is 9.67. The van der Waals surface area contributed by atoms with E-state index in [1.54, 1.807) is 30.3 Å². The average Bonchev–Trinajstić information content (AvgIpc) is 2.94. The number of methoxy groups -OCH3 is 1. The summed E-state index contributed by atoms with van der Waals surface area (Å²) in [5.41, 5.74) is 0.506. The zero-order valence-electron chi connectivity index (χ0n) is 11.1. The molecule has 0 aliphatic rings. The van der Waals surface area contributed by atoms with Crippen molar-refractivity contribution in [2.75, 3.05) is 19.0 Å². The van der Waals surface area contributed by atoms with Crippen LogP contribution in [-0.2, 0) is 0 Å². The SMILES string of the molecule is COc1ccc(Cl)cc1NC(=O)c1ccc(C#CCO)s1. The first-order valence-electron chi connectivity index (χ1n) is 5.98. The van der Waals surface area contributed by atoms with Crippen molar-refractivity contribution in [3.05, 3.63) is 45.1 Å². The van der Waals surface area contributed by atoms with Crippen LogP contribution in [0.15, 0.2) is 30.3 Å². The summed E-state index contributed by atoms with van der Waals surface area (Å²) in [6, 6.07) is 8.41. The number of halogens is 1. The van der Waals surface area contributed by atoms with Crippen LogP contribution in [0.5, 0.6) is 5.75 Å². The minimum atomic E-state index is -0.266. The molecule has 0 radical (unpaired) electrons. The van der Waals surface area contributed by atoms with Crippen LogP contribution in [0.2, 0.25) is 5.02 Å². The van der Waals surface area contributed by atoms with Gasteiger partial charge in [0.25, 0.3) is 5.91 Å². The molecule has 108 valence electrons. The third-order valence-electron chi connectivity index (χ3n) is 2.53. The lowest BCUT2D eigenvalue weighted by Gasteiger charge is -2.09. The van der Waals surface area contributed by atoms with E-state index in [1.807, 2.05) is 0 Å². The highest BCUT2D eigenvalue weighted by Gasteiger charge is 2.12. The standard InChI is InChI=1S/C15H12ClNO3S/c1-20-13-6-4-10(16)9-12(13)17-15(19)14-7-5-11(21-14)3-2-8-18/h4-7,9,18H,8H2,1H3,(H,17,19). The minimum Gasteiger partial charge on any atom is -0.495 e. The van der Waals surface area contributed by atoms with Gasteiger partial charge < -0.3 is 15.2 Å². The van der Waals surface area contributed by atoms with E-state index >= 15 is 0 Å². The Hall–Kier alpha value is -2.00. The molecule has 1 heterocycles. The smallest absolute Gasteiger partial charge is 0.265 e. The van der Waals surface area contributed by atoms with Crippen LogP contribution in [0.1, 0.15) is 14.5 Å². The van der Waals surface area contributed by atoms with Crippen LogP contribution < -0.4 is 10.1 Å². The van der Waals surface area contributed by atoms with Crippen molar-refractivity contribution in [3.8, 4) is 17.6 Å². The molecule has 2 rings (SSSR count). The molecule has 0 unspecified atom stereocenters. The van der Waals surface area contributed by atoms with Crippen molar-refractivity contribution in [1.29, 1.82) is 0 Å². The van der Waals surface area contributed by atoms with Crippen LogP contribution in [0.3, 0.4) is 0 Å². The number of rotatable bonds is 3. The summed E-state index contributed by atoms with van der Waals surface area (Å²) >= 11 is 7.17. The Labute approximate surface area is 131 Å². The highest BCUT2D eigenvalue weighted by atomic mass is 35.5. The van der Waals surface area contributed by atoms with Gasteiger partial charge >= 0.3 is 0 Å². The number of aliphatic hydroxyl groups is 1. The molecule has 4 nitrogen and oxygen atoms in total. The van der Waals surface area contributed by atoms with Gasteiger partial charge in [-0.2, -0.15) is 0 Å². The molecule has 0 aliphatic carbocycles. The zero-order valence-corrected chi connectivity index (χ0v) is 12.7. The topological polar surface area (TPSA) is 58.6 Å². The van der Waals surface area contributed by atoms with Crippen molar-refractivity contribution >= 4 is 34.5 Å². The largest absolute Gasteiger partial charge is 0.495 e. The number of thiophene rings is 1. The van der Waals surface area contributed by atoms with Crippen molar-refractivity contribution < 1.29 is 14.6 Å². The molecule has 0 saturated heterocycles. The van der Waals surface area contributed by atoms with Crippen LogP contribution in [-0.4, -0.2) is 24.7 Å². The molecule has 6 heteroatoms. The van der Waals surface area contributed by atoms with Gasteiger partial charge in [0.15, 0.2) is 0 Å². The Morgan fingerprint density at radius 3 is 2.95 bits per heavy atom. The Bertz CT molecular complexity index is 715. The lowest BCUT2D eigenvalue weighted by Crippen LogP contribution is -2.11. The average molecular weight is 322 g/mol. The molecule has 0 spiro atoms. The maximum absolute atomic E-state index is 12.2. The summed E-state index contributed by atoms with van der Waals surface area (Å²) < 4.78 is 5.18. The molecule has 0 atom stereocenters. The Balaban J connectivity index is 2.18. The molecule has 0 fully saturated rings. The van der Waals surface area contributed by atoms with E-state index in [2.05, 4.69) is 17.2 Å². The summed E-state index contributed by atoms with van der Waals surface area (Å²) in [6.07, 6.45) is 0. The predicted molar refractivity (Wildman–Crippen MR) is 84.2 cm³/mol. The van der Waals surface area contributed by atoms with E-state index in [9.17, 15) is 4.79 Å². The van der Waals surface area contributed by atoms with Gasteiger partial charge in [-0.3, -0.25) is 4.79 Å². The minimum absolute atomic E-state index is 0.209. The number of nitrogens with one attached hydrogen (secondary N) is 1.